The predicted octanol–water partition coefficient (Wildman–Crippen LogP) is 2.29. The molecule has 1 fully saturated rings. The fourth-order valence-corrected chi connectivity index (χ4v) is 0.105. The molecule has 0 aromatic carbocycles. The van der Waals surface area contributed by atoms with E-state index in [4.69, 9.17) is 0 Å². The van der Waals surface area contributed by atoms with Gasteiger partial charge in [0.1, 0.15) is 0 Å². The number of nitrogens with zero attached hydrogens (tertiary/aromatic N) is 1. The van der Waals surface area contributed by atoms with Gasteiger partial charge in [0.15, 0.2) is 0 Å². The average Bonchev–Trinajstić information content (AvgIpc) is 1.75. The van der Waals surface area contributed by atoms with E-state index >= 15 is 0 Å². The van der Waals surface area contributed by atoms with Gasteiger partial charge in [0.25, 0.3) is 0 Å². The van der Waals surface area contributed by atoms with Gasteiger partial charge in [0, 0.05) is 23.9 Å². The zero-order chi connectivity index (χ0) is 2.99. The fourth-order valence-electron chi connectivity index (χ4n) is 0.105. The smallest absolute Gasteiger partial charge is 0 e. The van der Waals surface area contributed by atoms with Crippen LogP contribution in [0.4, 0.5) is 0 Å². The Labute approximate surface area is 71.2 Å². The minimum Gasteiger partial charge on any atom is -0.662 e. The molecule has 1 nitrogen and oxygen atoms in total. The van der Waals surface area contributed by atoms with Crippen molar-refractivity contribution in [2.24, 2.45) is 0 Å². The van der Waals surface area contributed by atoms with Gasteiger partial charge in [0.2, 0.25) is 0 Å². The maximum atomic E-state index is 3.90. The molecule has 0 aromatic rings. The molecule has 0 saturated carbocycles. The van der Waals surface area contributed by atoms with Gasteiger partial charge in [-0.25, -0.2) is 0 Å². The zero-order valence-corrected chi connectivity index (χ0v) is 6.09. The van der Waals surface area contributed by atoms with Crippen LogP contribution in [-0.2, 0) is 0 Å². The molecule has 1 atom stereocenters. The van der Waals surface area contributed by atoms with E-state index in [-0.39, 0.29) is 46.2 Å². The molecule has 4 radical (unpaired) electrons. The van der Waals surface area contributed by atoms with Crippen LogP contribution in [0.25, 0.3) is 5.32 Å². The summed E-state index contributed by atoms with van der Waals surface area (Å²) in [5.41, 5.74) is 0. The summed E-state index contributed by atoms with van der Waals surface area (Å²) in [7, 11) is 0. The Bertz CT molecular complexity index is 27.7. The molecular weight excluding hydrogens is 205 g/mol. The average molecular weight is 223 g/mol. The first kappa shape index (κ1) is 23.3. The quantitative estimate of drug-likeness (QED) is 0.441. The van der Waals surface area contributed by atoms with E-state index in [2.05, 4.69) is 12.2 Å². The van der Waals surface area contributed by atoms with Crippen LogP contribution in [0.15, 0.2) is 0 Å². The van der Waals surface area contributed by atoms with Crippen molar-refractivity contribution >= 4 is 23.9 Å². The first-order chi connectivity index (χ1) is 1.89. The van der Waals surface area contributed by atoms with Gasteiger partial charge in [0.05, 0.1) is 0 Å². The van der Waals surface area contributed by atoms with E-state index in [1.165, 1.54) is 0 Å². The maximum Gasteiger partial charge on any atom is 0 e. The molecule has 1 aliphatic rings. The van der Waals surface area contributed by atoms with Crippen molar-refractivity contribution in [1.82, 2.24) is 0 Å². The van der Waals surface area contributed by atoms with Crippen molar-refractivity contribution < 1.29 is 0 Å². The van der Waals surface area contributed by atoms with E-state index in [1.54, 1.807) is 0 Å². The van der Waals surface area contributed by atoms with Crippen molar-refractivity contribution in [3.05, 3.63) is 5.32 Å². The van der Waals surface area contributed by atoms with Crippen molar-refractivity contribution in [1.29, 1.82) is 0 Å². The molecule has 2 heteroatoms. The number of rotatable bonds is 0. The summed E-state index contributed by atoms with van der Waals surface area (Å²) in [6, 6.07) is 0.708. The Hall–Kier alpha value is 0.759. The Morgan fingerprint density at radius 2 is 1.38 bits per heavy atom. The molecule has 0 aliphatic carbocycles. The van der Waals surface area contributed by atoms with Crippen molar-refractivity contribution in [2.45, 2.75) is 35.2 Å². The van der Waals surface area contributed by atoms with Crippen molar-refractivity contribution in [3.8, 4) is 0 Å². The second kappa shape index (κ2) is 10.7. The molecular formula is C6H18NSn-. The van der Waals surface area contributed by atoms with Gasteiger partial charge in [-0.15, -0.1) is 0 Å². The van der Waals surface area contributed by atoms with E-state index in [0.717, 1.165) is 6.54 Å². The molecule has 0 N–H and O–H groups in total. The molecule has 1 aliphatic heterocycles. The SMILES string of the molecule is C.C.C.CC1C[N-]1.[Sn]. The molecule has 52 valence electrons. The second-order valence-corrected chi connectivity index (χ2v) is 1.21. The van der Waals surface area contributed by atoms with Gasteiger partial charge >= 0.3 is 0 Å². The Morgan fingerprint density at radius 1 is 1.25 bits per heavy atom. The van der Waals surface area contributed by atoms with Gasteiger partial charge < -0.3 is 5.32 Å². The monoisotopic (exact) mass is 224 g/mol. The van der Waals surface area contributed by atoms with Crippen LogP contribution in [0.3, 0.4) is 0 Å². The minimum atomic E-state index is 0. The molecule has 0 amide bonds. The standard InChI is InChI=1S/C3H6N.3CH4.Sn/c1-3-2-4-3;;;;/h3H,2H2,1H3;3*1H4;/q-1;;;;. The zero-order valence-electron chi connectivity index (χ0n) is 3.23. The van der Waals surface area contributed by atoms with E-state index < -0.39 is 0 Å². The van der Waals surface area contributed by atoms with Crippen molar-refractivity contribution in [2.75, 3.05) is 6.54 Å². The van der Waals surface area contributed by atoms with E-state index in [0.29, 0.717) is 6.04 Å². The third-order valence-corrected chi connectivity index (χ3v) is 0.548. The van der Waals surface area contributed by atoms with Crippen molar-refractivity contribution in [3.63, 3.8) is 0 Å². The van der Waals surface area contributed by atoms with E-state index in [1.807, 2.05) is 0 Å². The maximum absolute atomic E-state index is 3.90. The second-order valence-electron chi connectivity index (χ2n) is 1.21. The first-order valence-electron chi connectivity index (χ1n) is 1.56. The largest absolute Gasteiger partial charge is 0.662 e. The van der Waals surface area contributed by atoms with Gasteiger partial charge in [-0.05, 0) is 0 Å². The summed E-state index contributed by atoms with van der Waals surface area (Å²) >= 11 is 0. The topological polar surface area (TPSA) is 14.1 Å². The summed E-state index contributed by atoms with van der Waals surface area (Å²) in [5.74, 6) is 0. The van der Waals surface area contributed by atoms with Crippen LogP contribution in [0.2, 0.25) is 0 Å². The molecule has 0 spiro atoms. The number of hydrogen-bond donors (Lipinski definition) is 0. The van der Waals surface area contributed by atoms with Gasteiger partial charge in [-0.3, -0.25) is 0 Å². The molecule has 1 rings (SSSR count). The molecule has 8 heavy (non-hydrogen) atoms. The summed E-state index contributed by atoms with van der Waals surface area (Å²) < 4.78 is 0. The summed E-state index contributed by atoms with van der Waals surface area (Å²) in [6.07, 6.45) is 0. The fraction of sp³-hybridized carbons (Fsp3) is 1.00. The van der Waals surface area contributed by atoms with Crippen LogP contribution < -0.4 is 0 Å². The predicted molar refractivity (Wildman–Crippen MR) is 43.6 cm³/mol. The first-order valence-corrected chi connectivity index (χ1v) is 1.56. The van der Waals surface area contributed by atoms with Crippen LogP contribution in [0, 0.1) is 0 Å². The number of hydrogen-bond acceptors (Lipinski definition) is 0. The normalized spacial score (nSPS) is 19.9. The molecule has 1 heterocycles. The summed E-state index contributed by atoms with van der Waals surface area (Å²) in [5, 5.41) is 3.90. The molecule has 0 aromatic heterocycles. The van der Waals surface area contributed by atoms with Crippen LogP contribution in [0.5, 0.6) is 0 Å². The molecule has 0 bridgehead atoms. The van der Waals surface area contributed by atoms with Crippen LogP contribution in [-0.4, -0.2) is 36.5 Å². The van der Waals surface area contributed by atoms with Crippen LogP contribution in [0.1, 0.15) is 29.2 Å². The van der Waals surface area contributed by atoms with E-state index in [9.17, 15) is 0 Å². The Balaban J connectivity index is -0.0000000200. The summed E-state index contributed by atoms with van der Waals surface area (Å²) in [6.45, 7) is 3.22. The Morgan fingerprint density at radius 3 is 1.38 bits per heavy atom. The third-order valence-electron chi connectivity index (χ3n) is 0.548. The summed E-state index contributed by atoms with van der Waals surface area (Å²) in [4.78, 5) is 0. The third kappa shape index (κ3) is 15.9. The minimum absolute atomic E-state index is 0. The molecule has 1 unspecified atom stereocenters. The molecule has 1 saturated heterocycles. The van der Waals surface area contributed by atoms with Gasteiger partial charge in [-0.2, -0.15) is 12.6 Å². The Kier molecular flexibility index (Phi) is 31.1. The van der Waals surface area contributed by atoms with Gasteiger partial charge in [-0.1, -0.05) is 29.2 Å². The van der Waals surface area contributed by atoms with Crippen LogP contribution >= 0.6 is 0 Å².